The molecule has 0 aromatic carbocycles. The van der Waals surface area contributed by atoms with Crippen molar-refractivity contribution in [3.63, 3.8) is 0 Å². The van der Waals surface area contributed by atoms with E-state index in [-0.39, 0.29) is 11.1 Å². The SMILES string of the molecule is N#Cc1c(CS(=O)(=O)O)cc(=O)[nH]c1O. The van der Waals surface area contributed by atoms with E-state index in [1.807, 2.05) is 4.98 Å². The summed E-state index contributed by atoms with van der Waals surface area (Å²) in [6, 6.07) is 2.34. The number of rotatable bonds is 2. The van der Waals surface area contributed by atoms with Crippen molar-refractivity contribution in [3.8, 4) is 11.9 Å². The number of pyridine rings is 1. The largest absolute Gasteiger partial charge is 0.494 e. The van der Waals surface area contributed by atoms with E-state index in [0.717, 1.165) is 6.07 Å². The molecule has 0 aliphatic carbocycles. The normalized spacial score (nSPS) is 10.9. The smallest absolute Gasteiger partial charge is 0.269 e. The highest BCUT2D eigenvalue weighted by Crippen LogP contribution is 2.16. The van der Waals surface area contributed by atoms with Crippen LogP contribution in [0.5, 0.6) is 5.88 Å². The summed E-state index contributed by atoms with van der Waals surface area (Å²) in [5.74, 6) is -1.61. The van der Waals surface area contributed by atoms with Gasteiger partial charge in [-0.05, 0) is 5.56 Å². The molecule has 80 valence electrons. The Morgan fingerprint density at radius 1 is 1.53 bits per heavy atom. The highest BCUT2D eigenvalue weighted by atomic mass is 32.2. The molecule has 0 saturated heterocycles. The molecule has 0 spiro atoms. The quantitative estimate of drug-likeness (QED) is 0.578. The number of nitrogens with one attached hydrogen (secondary N) is 1. The fraction of sp³-hybridized carbons (Fsp3) is 0.143. The van der Waals surface area contributed by atoms with Gasteiger partial charge in [0.2, 0.25) is 5.88 Å². The van der Waals surface area contributed by atoms with Gasteiger partial charge < -0.3 is 5.11 Å². The van der Waals surface area contributed by atoms with Crippen LogP contribution in [-0.4, -0.2) is 23.1 Å². The summed E-state index contributed by atoms with van der Waals surface area (Å²) in [6.07, 6.45) is 0. The van der Waals surface area contributed by atoms with Crippen molar-refractivity contribution in [1.29, 1.82) is 5.26 Å². The van der Waals surface area contributed by atoms with Crippen LogP contribution in [0.2, 0.25) is 0 Å². The second-order valence-electron chi connectivity index (χ2n) is 2.72. The highest BCUT2D eigenvalue weighted by molar-refractivity contribution is 7.85. The fourth-order valence-electron chi connectivity index (χ4n) is 1.03. The van der Waals surface area contributed by atoms with E-state index in [2.05, 4.69) is 0 Å². The van der Waals surface area contributed by atoms with Crippen molar-refractivity contribution in [2.75, 3.05) is 0 Å². The van der Waals surface area contributed by atoms with E-state index in [9.17, 15) is 13.2 Å². The van der Waals surface area contributed by atoms with Crippen LogP contribution in [0.25, 0.3) is 0 Å². The van der Waals surface area contributed by atoms with E-state index in [0.29, 0.717) is 0 Å². The van der Waals surface area contributed by atoms with Gasteiger partial charge in [0.25, 0.3) is 15.7 Å². The summed E-state index contributed by atoms with van der Waals surface area (Å²) in [5.41, 5.74) is -1.39. The standard InChI is InChI=1S/C7H6N2O5S/c8-2-5-4(3-15(12,13)14)1-6(10)9-7(5)11/h1H,3H2,(H2,9,10,11)(H,12,13,14). The van der Waals surface area contributed by atoms with Crippen molar-refractivity contribution in [1.82, 2.24) is 4.98 Å². The van der Waals surface area contributed by atoms with Crippen LogP contribution >= 0.6 is 0 Å². The molecule has 1 rings (SSSR count). The monoisotopic (exact) mass is 230 g/mol. The number of H-pyrrole nitrogens is 1. The molecule has 0 fully saturated rings. The maximum Gasteiger partial charge on any atom is 0.269 e. The molecule has 1 aromatic rings. The van der Waals surface area contributed by atoms with Gasteiger partial charge in [-0.3, -0.25) is 14.3 Å². The number of hydrogen-bond donors (Lipinski definition) is 3. The summed E-state index contributed by atoms with van der Waals surface area (Å²) in [4.78, 5) is 12.8. The lowest BCUT2D eigenvalue weighted by atomic mass is 10.2. The minimum absolute atomic E-state index is 0.249. The molecule has 0 atom stereocenters. The van der Waals surface area contributed by atoms with Gasteiger partial charge in [-0.25, -0.2) is 0 Å². The van der Waals surface area contributed by atoms with Crippen molar-refractivity contribution >= 4 is 10.1 Å². The van der Waals surface area contributed by atoms with E-state index >= 15 is 0 Å². The Balaban J connectivity index is 3.42. The summed E-state index contributed by atoms with van der Waals surface area (Å²) >= 11 is 0. The molecule has 0 radical (unpaired) electrons. The van der Waals surface area contributed by atoms with Crippen LogP contribution in [0, 0.1) is 11.3 Å². The van der Waals surface area contributed by atoms with Crippen LogP contribution in [0.4, 0.5) is 0 Å². The molecular formula is C7H6N2O5S. The van der Waals surface area contributed by atoms with Crippen LogP contribution in [0.3, 0.4) is 0 Å². The van der Waals surface area contributed by atoms with Crippen LogP contribution in [0.1, 0.15) is 11.1 Å². The van der Waals surface area contributed by atoms with E-state index in [1.165, 1.54) is 6.07 Å². The maximum atomic E-state index is 10.9. The van der Waals surface area contributed by atoms with E-state index in [4.69, 9.17) is 14.9 Å². The molecule has 0 saturated carbocycles. The third-order valence-electron chi connectivity index (χ3n) is 1.55. The lowest BCUT2D eigenvalue weighted by molar-refractivity contribution is 0.449. The Labute approximate surface area is 84.4 Å². The third kappa shape index (κ3) is 2.80. The molecule has 3 N–H and O–H groups in total. The lowest BCUT2D eigenvalue weighted by Gasteiger charge is -2.02. The number of aromatic hydroxyl groups is 1. The number of aromatic nitrogens is 1. The van der Waals surface area contributed by atoms with Gasteiger partial charge in [0, 0.05) is 6.07 Å². The van der Waals surface area contributed by atoms with E-state index in [1.54, 1.807) is 0 Å². The predicted molar refractivity (Wildman–Crippen MR) is 48.7 cm³/mol. The minimum Gasteiger partial charge on any atom is -0.494 e. The second-order valence-corrected chi connectivity index (χ2v) is 4.17. The molecule has 15 heavy (non-hydrogen) atoms. The van der Waals surface area contributed by atoms with Gasteiger partial charge in [0.15, 0.2) is 0 Å². The first kappa shape index (κ1) is 11.2. The number of hydrogen-bond acceptors (Lipinski definition) is 5. The van der Waals surface area contributed by atoms with Crippen molar-refractivity contribution in [2.45, 2.75) is 5.75 Å². The summed E-state index contributed by atoms with van der Waals surface area (Å²) in [5, 5.41) is 17.7. The Kier molecular flexibility index (Phi) is 2.78. The average molecular weight is 230 g/mol. The molecule has 1 heterocycles. The molecule has 0 aliphatic rings. The highest BCUT2D eigenvalue weighted by Gasteiger charge is 2.15. The number of nitriles is 1. The first-order valence-electron chi connectivity index (χ1n) is 3.64. The van der Waals surface area contributed by atoms with Crippen LogP contribution < -0.4 is 5.56 Å². The Hall–Kier alpha value is -1.85. The zero-order valence-electron chi connectivity index (χ0n) is 7.26. The predicted octanol–water partition coefficient (Wildman–Crippen LogP) is -0.660. The van der Waals surface area contributed by atoms with Gasteiger partial charge in [-0.1, -0.05) is 0 Å². The zero-order valence-corrected chi connectivity index (χ0v) is 8.08. The molecule has 0 amide bonds. The first-order chi connectivity index (χ1) is 6.83. The van der Waals surface area contributed by atoms with Gasteiger partial charge in [-0.2, -0.15) is 13.7 Å². The van der Waals surface area contributed by atoms with Gasteiger partial charge in [-0.15, -0.1) is 0 Å². The number of aromatic amines is 1. The summed E-state index contributed by atoms with van der Waals surface area (Å²) in [6.45, 7) is 0. The first-order valence-corrected chi connectivity index (χ1v) is 5.25. The van der Waals surface area contributed by atoms with Crippen LogP contribution in [-0.2, 0) is 15.9 Å². The molecule has 1 aromatic heterocycles. The zero-order chi connectivity index (χ0) is 11.6. The molecule has 0 bridgehead atoms. The molecule has 8 heteroatoms. The molecule has 0 unspecified atom stereocenters. The van der Waals surface area contributed by atoms with Crippen molar-refractivity contribution in [2.24, 2.45) is 0 Å². The molecule has 7 nitrogen and oxygen atoms in total. The lowest BCUT2D eigenvalue weighted by Crippen LogP contribution is -2.11. The second kappa shape index (κ2) is 3.72. The van der Waals surface area contributed by atoms with Gasteiger partial charge in [0.1, 0.15) is 17.4 Å². The maximum absolute atomic E-state index is 10.9. The Bertz CT molecular complexity index is 580. The summed E-state index contributed by atoms with van der Waals surface area (Å²) < 4.78 is 29.6. The molecular weight excluding hydrogens is 224 g/mol. The fourth-order valence-corrected chi connectivity index (χ4v) is 1.65. The van der Waals surface area contributed by atoms with Crippen molar-refractivity contribution < 1.29 is 18.1 Å². The third-order valence-corrected chi connectivity index (χ3v) is 2.23. The average Bonchev–Trinajstić information content (AvgIpc) is 1.99. The summed E-state index contributed by atoms with van der Waals surface area (Å²) in [7, 11) is -4.36. The van der Waals surface area contributed by atoms with Crippen LogP contribution in [0.15, 0.2) is 10.9 Å². The Morgan fingerprint density at radius 2 is 2.13 bits per heavy atom. The van der Waals surface area contributed by atoms with Crippen molar-refractivity contribution in [3.05, 3.63) is 27.5 Å². The Morgan fingerprint density at radius 3 is 2.60 bits per heavy atom. The van der Waals surface area contributed by atoms with E-state index < -0.39 is 27.3 Å². The minimum atomic E-state index is -4.36. The van der Waals surface area contributed by atoms with Gasteiger partial charge >= 0.3 is 0 Å². The topological polar surface area (TPSA) is 131 Å². The number of nitrogens with zero attached hydrogens (tertiary/aromatic N) is 1. The molecule has 0 aliphatic heterocycles. The van der Waals surface area contributed by atoms with Gasteiger partial charge in [0.05, 0.1) is 0 Å².